The summed E-state index contributed by atoms with van der Waals surface area (Å²) >= 11 is 1.29. The second-order valence-corrected chi connectivity index (χ2v) is 5.33. The zero-order valence-electron chi connectivity index (χ0n) is 11.9. The van der Waals surface area contributed by atoms with Crippen molar-refractivity contribution >= 4 is 29.7 Å². The Morgan fingerprint density at radius 1 is 1.32 bits per heavy atom. The van der Waals surface area contributed by atoms with Crippen molar-refractivity contribution in [3.8, 4) is 5.75 Å². The highest BCUT2D eigenvalue weighted by atomic mass is 32.2. The molecule has 0 radical (unpaired) electrons. The van der Waals surface area contributed by atoms with Crippen molar-refractivity contribution < 1.29 is 28.6 Å². The summed E-state index contributed by atoms with van der Waals surface area (Å²) in [7, 11) is 1.58. The van der Waals surface area contributed by atoms with Crippen molar-refractivity contribution in [2.24, 2.45) is 0 Å². The van der Waals surface area contributed by atoms with E-state index < -0.39 is 24.6 Å². The van der Waals surface area contributed by atoms with E-state index in [1.165, 1.54) is 11.8 Å². The predicted molar refractivity (Wildman–Crippen MR) is 77.7 cm³/mol. The fourth-order valence-electron chi connectivity index (χ4n) is 1.70. The van der Waals surface area contributed by atoms with Crippen LogP contribution in [-0.2, 0) is 19.1 Å². The Morgan fingerprint density at radius 2 is 2.05 bits per heavy atom. The second-order valence-electron chi connectivity index (χ2n) is 4.28. The SMILES string of the molecule is COc1ccc(SCC(=O)OCC(=O)N2CCOC2=O)cc1. The molecular weight excluding hydrogens is 310 g/mol. The summed E-state index contributed by atoms with van der Waals surface area (Å²) in [4.78, 5) is 36.2. The number of carbonyl (C=O) groups excluding carboxylic acids is 3. The lowest BCUT2D eigenvalue weighted by Crippen LogP contribution is -2.35. The van der Waals surface area contributed by atoms with Gasteiger partial charge in [0.05, 0.1) is 19.4 Å². The summed E-state index contributed by atoms with van der Waals surface area (Å²) in [5, 5.41) is 0. The third-order valence-corrected chi connectivity index (χ3v) is 3.82. The minimum absolute atomic E-state index is 0.0735. The van der Waals surface area contributed by atoms with Crippen LogP contribution in [-0.4, -0.2) is 55.5 Å². The first kappa shape index (κ1) is 16.2. The first-order valence-electron chi connectivity index (χ1n) is 6.50. The zero-order chi connectivity index (χ0) is 15.9. The van der Waals surface area contributed by atoms with Crippen LogP contribution in [0.4, 0.5) is 4.79 Å². The van der Waals surface area contributed by atoms with E-state index in [0.29, 0.717) is 0 Å². The zero-order valence-corrected chi connectivity index (χ0v) is 12.8. The number of carbonyl (C=O) groups is 3. The van der Waals surface area contributed by atoms with Gasteiger partial charge in [-0.15, -0.1) is 11.8 Å². The van der Waals surface area contributed by atoms with Gasteiger partial charge in [0.25, 0.3) is 5.91 Å². The van der Waals surface area contributed by atoms with Gasteiger partial charge in [-0.05, 0) is 24.3 Å². The summed E-state index contributed by atoms with van der Waals surface area (Å²) < 4.78 is 14.5. The largest absolute Gasteiger partial charge is 0.497 e. The molecule has 1 aromatic carbocycles. The number of methoxy groups -OCH3 is 1. The van der Waals surface area contributed by atoms with Crippen molar-refractivity contribution in [3.63, 3.8) is 0 Å². The first-order chi connectivity index (χ1) is 10.6. The van der Waals surface area contributed by atoms with Crippen molar-refractivity contribution in [3.05, 3.63) is 24.3 Å². The van der Waals surface area contributed by atoms with Crippen LogP contribution < -0.4 is 4.74 Å². The molecule has 1 heterocycles. The number of hydrogen-bond acceptors (Lipinski definition) is 7. The van der Waals surface area contributed by atoms with E-state index >= 15 is 0 Å². The van der Waals surface area contributed by atoms with Gasteiger partial charge in [0.1, 0.15) is 12.4 Å². The Hall–Kier alpha value is -2.22. The number of ether oxygens (including phenoxy) is 3. The van der Waals surface area contributed by atoms with E-state index in [0.717, 1.165) is 15.5 Å². The van der Waals surface area contributed by atoms with Crippen LogP contribution >= 0.6 is 11.8 Å². The number of esters is 1. The first-order valence-corrected chi connectivity index (χ1v) is 7.48. The molecule has 1 fully saturated rings. The van der Waals surface area contributed by atoms with E-state index in [2.05, 4.69) is 4.74 Å². The molecule has 0 spiro atoms. The molecule has 2 rings (SSSR count). The van der Waals surface area contributed by atoms with Crippen LogP contribution in [0.25, 0.3) is 0 Å². The summed E-state index contributed by atoms with van der Waals surface area (Å²) in [6, 6.07) is 7.22. The lowest BCUT2D eigenvalue weighted by atomic mass is 10.3. The van der Waals surface area contributed by atoms with Gasteiger partial charge in [-0.1, -0.05) is 0 Å². The summed E-state index contributed by atoms with van der Waals surface area (Å²) in [5.41, 5.74) is 0. The average Bonchev–Trinajstić information content (AvgIpc) is 2.97. The lowest BCUT2D eigenvalue weighted by Gasteiger charge is -2.10. The number of nitrogens with zero attached hydrogens (tertiary/aromatic N) is 1. The number of imide groups is 1. The second kappa shape index (κ2) is 7.69. The molecule has 0 N–H and O–H groups in total. The normalized spacial score (nSPS) is 13.7. The molecule has 0 bridgehead atoms. The molecule has 1 saturated heterocycles. The van der Waals surface area contributed by atoms with Gasteiger partial charge in [0, 0.05) is 4.90 Å². The summed E-state index contributed by atoms with van der Waals surface area (Å²) in [5.74, 6) is -0.300. The third-order valence-electron chi connectivity index (χ3n) is 2.83. The molecule has 0 atom stereocenters. The van der Waals surface area contributed by atoms with Crippen molar-refractivity contribution in [2.45, 2.75) is 4.90 Å². The summed E-state index contributed by atoms with van der Waals surface area (Å²) in [6.07, 6.45) is -0.700. The maximum absolute atomic E-state index is 11.6. The Morgan fingerprint density at radius 3 is 2.64 bits per heavy atom. The van der Waals surface area contributed by atoms with Crippen molar-refractivity contribution in [1.82, 2.24) is 4.90 Å². The van der Waals surface area contributed by atoms with E-state index in [1.54, 1.807) is 19.2 Å². The van der Waals surface area contributed by atoms with Gasteiger partial charge in [-0.2, -0.15) is 0 Å². The number of hydrogen-bond donors (Lipinski definition) is 0. The van der Waals surface area contributed by atoms with Gasteiger partial charge in [-0.3, -0.25) is 9.59 Å². The van der Waals surface area contributed by atoms with Gasteiger partial charge in [-0.25, -0.2) is 9.69 Å². The van der Waals surface area contributed by atoms with Crippen molar-refractivity contribution in [2.75, 3.05) is 32.6 Å². The number of benzene rings is 1. The predicted octanol–water partition coefficient (Wildman–Crippen LogP) is 1.31. The van der Waals surface area contributed by atoms with Crippen LogP contribution in [0.1, 0.15) is 0 Å². The average molecular weight is 325 g/mol. The molecule has 1 aliphatic rings. The number of rotatable bonds is 6. The van der Waals surface area contributed by atoms with E-state index in [4.69, 9.17) is 9.47 Å². The molecule has 1 aromatic rings. The fraction of sp³-hybridized carbons (Fsp3) is 0.357. The molecule has 0 saturated carbocycles. The molecular formula is C14H15NO6S. The van der Waals surface area contributed by atoms with Gasteiger partial charge >= 0.3 is 12.1 Å². The molecule has 0 aliphatic carbocycles. The van der Waals surface area contributed by atoms with E-state index in [9.17, 15) is 14.4 Å². The monoisotopic (exact) mass is 325 g/mol. The lowest BCUT2D eigenvalue weighted by molar-refractivity contribution is -0.148. The van der Waals surface area contributed by atoms with E-state index in [-0.39, 0.29) is 18.9 Å². The highest BCUT2D eigenvalue weighted by Crippen LogP contribution is 2.21. The Balaban J connectivity index is 1.71. The van der Waals surface area contributed by atoms with Gasteiger partial charge in [0.2, 0.25) is 0 Å². The summed E-state index contributed by atoms with van der Waals surface area (Å²) in [6.45, 7) is -0.0984. The van der Waals surface area contributed by atoms with Gasteiger partial charge in [0.15, 0.2) is 6.61 Å². The molecule has 118 valence electrons. The Kier molecular flexibility index (Phi) is 5.65. The Labute approximate surface area is 131 Å². The standard InChI is InChI=1S/C14H15NO6S/c1-19-10-2-4-11(5-3-10)22-9-13(17)21-8-12(16)15-6-7-20-14(15)18/h2-5H,6-9H2,1H3. The molecule has 7 nitrogen and oxygen atoms in total. The maximum Gasteiger partial charge on any atom is 0.416 e. The molecule has 22 heavy (non-hydrogen) atoms. The van der Waals surface area contributed by atoms with Gasteiger partial charge < -0.3 is 14.2 Å². The minimum Gasteiger partial charge on any atom is -0.497 e. The quantitative estimate of drug-likeness (QED) is 0.576. The van der Waals surface area contributed by atoms with Crippen LogP contribution in [0.5, 0.6) is 5.75 Å². The smallest absolute Gasteiger partial charge is 0.416 e. The molecule has 8 heteroatoms. The van der Waals surface area contributed by atoms with Crippen LogP contribution in [0.2, 0.25) is 0 Å². The highest BCUT2D eigenvalue weighted by molar-refractivity contribution is 8.00. The molecule has 1 aliphatic heterocycles. The topological polar surface area (TPSA) is 82.1 Å². The highest BCUT2D eigenvalue weighted by Gasteiger charge is 2.28. The fourth-order valence-corrected chi connectivity index (χ4v) is 2.39. The molecule has 2 amide bonds. The number of thioether (sulfide) groups is 1. The van der Waals surface area contributed by atoms with Crippen LogP contribution in [0, 0.1) is 0 Å². The van der Waals surface area contributed by atoms with E-state index in [1.807, 2.05) is 12.1 Å². The van der Waals surface area contributed by atoms with Crippen LogP contribution in [0.15, 0.2) is 29.2 Å². The molecule has 0 unspecified atom stereocenters. The van der Waals surface area contributed by atoms with Crippen molar-refractivity contribution in [1.29, 1.82) is 0 Å². The maximum atomic E-state index is 11.6. The molecule has 0 aromatic heterocycles. The minimum atomic E-state index is -0.700. The van der Waals surface area contributed by atoms with Crippen LogP contribution in [0.3, 0.4) is 0 Å². The number of amides is 2. The third kappa shape index (κ3) is 4.39. The number of cyclic esters (lactones) is 1. The Bertz CT molecular complexity index is 559.